The van der Waals surface area contributed by atoms with Crippen molar-refractivity contribution < 1.29 is 22.7 Å². The third-order valence-electron chi connectivity index (χ3n) is 4.58. The second-order valence-electron chi connectivity index (χ2n) is 7.00. The van der Waals surface area contributed by atoms with Crippen molar-refractivity contribution >= 4 is 29.0 Å². The number of carbonyl (C=O) groups is 1. The first-order valence-corrected chi connectivity index (χ1v) is 9.22. The van der Waals surface area contributed by atoms with E-state index in [4.69, 9.17) is 22.9 Å². The molecule has 0 N–H and O–H groups in total. The van der Waals surface area contributed by atoms with Crippen LogP contribution in [0.4, 0.5) is 18.9 Å². The summed E-state index contributed by atoms with van der Waals surface area (Å²) in [6, 6.07) is 5.92. The Bertz CT molecular complexity index is 1050. The molecule has 3 rings (SSSR count). The van der Waals surface area contributed by atoms with Crippen molar-refractivity contribution in [2.75, 3.05) is 0 Å². The summed E-state index contributed by atoms with van der Waals surface area (Å²) in [7, 11) is 0. The number of Topliss-reactive ketones (excluding diaryl/α,β-unsaturated/α-hetero) is 1. The molecule has 3 heterocycles. The summed E-state index contributed by atoms with van der Waals surface area (Å²) in [5.41, 5.74) is -0.446. The zero-order valence-corrected chi connectivity index (χ0v) is 16.8. The van der Waals surface area contributed by atoms with E-state index in [2.05, 4.69) is 19.8 Å². The van der Waals surface area contributed by atoms with Crippen LogP contribution in [0.3, 0.4) is 0 Å². The van der Waals surface area contributed by atoms with Gasteiger partial charge in [0, 0.05) is 25.2 Å². The van der Waals surface area contributed by atoms with Crippen molar-refractivity contribution in [3.05, 3.63) is 64.0 Å². The maximum Gasteiger partial charge on any atom is 0.425 e. The van der Waals surface area contributed by atoms with Gasteiger partial charge >= 0.3 is 6.18 Å². The third-order valence-corrected chi connectivity index (χ3v) is 4.89. The van der Waals surface area contributed by atoms with Gasteiger partial charge in [-0.3, -0.25) is 14.8 Å². The first kappa shape index (κ1) is 21.7. The number of hydrogen-bond donors (Lipinski definition) is 0. The van der Waals surface area contributed by atoms with Crippen LogP contribution in [-0.4, -0.2) is 33.9 Å². The normalized spacial score (nSPS) is 21.4. The third kappa shape index (κ3) is 4.60. The van der Waals surface area contributed by atoms with Gasteiger partial charge in [0.05, 0.1) is 23.7 Å². The number of pyridine rings is 2. The molecule has 0 amide bonds. The average molecular weight is 437 g/mol. The summed E-state index contributed by atoms with van der Waals surface area (Å²) in [5, 5.41) is 0.146. The van der Waals surface area contributed by atoms with E-state index in [-0.39, 0.29) is 34.5 Å². The first-order valence-electron chi connectivity index (χ1n) is 8.84. The number of alkyl halides is 3. The van der Waals surface area contributed by atoms with Crippen molar-refractivity contribution in [2.45, 2.75) is 44.5 Å². The van der Waals surface area contributed by atoms with Crippen LogP contribution in [0.1, 0.15) is 42.1 Å². The topological polar surface area (TPSA) is 68.8 Å². The molecule has 0 bridgehead atoms. The molecular weight excluding hydrogens is 421 g/mol. The highest BCUT2D eigenvalue weighted by Gasteiger charge is 2.50. The van der Waals surface area contributed by atoms with Crippen LogP contribution in [0, 0.1) is 6.57 Å². The molecule has 0 spiro atoms. The standard InChI is InChI=1S/C20H16ClF3N4O2/c1-11-28-19(2,9-17(30-11)20(22,23)24)18-14(21)6-4-12(27-18)8-16(29)15-7-5-13(25-3)10-26-15/h4-7,10,17H,8-9H2,1-2H3/t17-,19-/m0/s1. The molecule has 156 valence electrons. The van der Waals surface area contributed by atoms with Crippen LogP contribution in [0.25, 0.3) is 4.85 Å². The largest absolute Gasteiger partial charge is 0.468 e. The number of halogens is 4. The minimum absolute atomic E-state index is 0.116. The van der Waals surface area contributed by atoms with E-state index in [0.29, 0.717) is 11.4 Å². The highest BCUT2D eigenvalue weighted by molar-refractivity contribution is 6.31. The summed E-state index contributed by atoms with van der Waals surface area (Å²) in [5.74, 6) is -0.466. The van der Waals surface area contributed by atoms with E-state index < -0.39 is 24.2 Å². The molecule has 0 fully saturated rings. The number of hydrogen-bond acceptors (Lipinski definition) is 5. The van der Waals surface area contributed by atoms with E-state index in [9.17, 15) is 18.0 Å². The summed E-state index contributed by atoms with van der Waals surface area (Å²) in [4.78, 5) is 28.2. The maximum atomic E-state index is 13.3. The molecule has 0 saturated carbocycles. The van der Waals surface area contributed by atoms with Crippen LogP contribution >= 0.6 is 11.6 Å². The fraction of sp³-hybridized carbons (Fsp3) is 0.350. The SMILES string of the molecule is [C-]#[N+]c1ccc(C(=O)Cc2ccc(Cl)c([C@]3(C)C[C@@H](C(F)(F)F)OC(C)=N3)n2)nc1. The molecular formula is C20H16ClF3N4O2. The molecule has 10 heteroatoms. The average Bonchev–Trinajstić information content (AvgIpc) is 2.68. The lowest BCUT2D eigenvalue weighted by atomic mass is 9.89. The van der Waals surface area contributed by atoms with Gasteiger partial charge in [-0.25, -0.2) is 9.84 Å². The van der Waals surface area contributed by atoms with Gasteiger partial charge in [0.25, 0.3) is 0 Å². The van der Waals surface area contributed by atoms with Gasteiger partial charge in [0.2, 0.25) is 5.69 Å². The minimum atomic E-state index is -4.57. The number of ether oxygens (including phenoxy) is 1. The molecule has 30 heavy (non-hydrogen) atoms. The van der Waals surface area contributed by atoms with E-state index in [1.807, 2.05) is 0 Å². The van der Waals surface area contributed by atoms with E-state index in [1.54, 1.807) is 0 Å². The fourth-order valence-corrected chi connectivity index (χ4v) is 3.50. The summed E-state index contributed by atoms with van der Waals surface area (Å²) >= 11 is 6.24. The molecule has 6 nitrogen and oxygen atoms in total. The molecule has 2 aromatic heterocycles. The zero-order valence-electron chi connectivity index (χ0n) is 16.0. The van der Waals surface area contributed by atoms with E-state index in [1.165, 1.54) is 44.3 Å². The highest BCUT2D eigenvalue weighted by atomic mass is 35.5. The van der Waals surface area contributed by atoms with E-state index in [0.717, 1.165) is 0 Å². The van der Waals surface area contributed by atoms with Crippen LogP contribution < -0.4 is 0 Å². The molecule has 0 saturated heterocycles. The fourth-order valence-electron chi connectivity index (χ4n) is 3.19. The lowest BCUT2D eigenvalue weighted by Crippen LogP contribution is -2.43. The number of carbonyl (C=O) groups excluding carboxylic acids is 1. The number of ketones is 1. The van der Waals surface area contributed by atoms with Crippen LogP contribution in [-0.2, 0) is 16.7 Å². The Kier molecular flexibility index (Phi) is 5.81. The predicted molar refractivity (Wildman–Crippen MR) is 104 cm³/mol. The van der Waals surface area contributed by atoms with Crippen molar-refractivity contribution in [1.29, 1.82) is 0 Å². The monoisotopic (exact) mass is 436 g/mol. The number of aromatic nitrogens is 2. The molecule has 0 aromatic carbocycles. The van der Waals surface area contributed by atoms with Crippen molar-refractivity contribution in [2.24, 2.45) is 4.99 Å². The molecule has 2 aromatic rings. The van der Waals surface area contributed by atoms with E-state index >= 15 is 0 Å². The zero-order chi connectivity index (χ0) is 22.1. The van der Waals surface area contributed by atoms with Gasteiger partial charge in [0.15, 0.2) is 17.8 Å². The van der Waals surface area contributed by atoms with Gasteiger partial charge in [-0.2, -0.15) is 13.2 Å². The Hall–Kier alpha value is -2.99. The van der Waals surface area contributed by atoms with Crippen molar-refractivity contribution in [3.8, 4) is 0 Å². The molecule has 1 aliphatic heterocycles. The number of nitrogens with zero attached hydrogens (tertiary/aromatic N) is 4. The van der Waals surface area contributed by atoms with Gasteiger partial charge in [0.1, 0.15) is 11.2 Å². The molecule has 0 unspecified atom stereocenters. The van der Waals surface area contributed by atoms with Crippen LogP contribution in [0.2, 0.25) is 5.02 Å². The summed E-state index contributed by atoms with van der Waals surface area (Å²) in [6.07, 6.45) is -5.93. The minimum Gasteiger partial charge on any atom is -0.468 e. The highest BCUT2D eigenvalue weighted by Crippen LogP contribution is 2.41. The lowest BCUT2D eigenvalue weighted by Gasteiger charge is -2.36. The Morgan fingerprint density at radius 3 is 2.70 bits per heavy atom. The van der Waals surface area contributed by atoms with Crippen LogP contribution in [0.5, 0.6) is 0 Å². The Labute approximate surface area is 175 Å². The second kappa shape index (κ2) is 8.03. The second-order valence-corrected chi connectivity index (χ2v) is 7.41. The number of rotatable bonds is 4. The summed E-state index contributed by atoms with van der Waals surface area (Å²) in [6.45, 7) is 9.76. The first-order chi connectivity index (χ1) is 14.0. The maximum absolute atomic E-state index is 13.3. The van der Waals surface area contributed by atoms with Crippen LogP contribution in [0.15, 0.2) is 35.5 Å². The molecule has 0 aliphatic carbocycles. The van der Waals surface area contributed by atoms with Gasteiger partial charge in [-0.15, -0.1) is 0 Å². The Morgan fingerprint density at radius 1 is 1.37 bits per heavy atom. The van der Waals surface area contributed by atoms with Gasteiger partial charge < -0.3 is 4.74 Å². The molecule has 2 atom stereocenters. The lowest BCUT2D eigenvalue weighted by molar-refractivity contribution is -0.208. The Balaban J connectivity index is 1.90. The quantitative estimate of drug-likeness (QED) is 0.494. The van der Waals surface area contributed by atoms with Gasteiger partial charge in [-0.05, 0) is 25.1 Å². The predicted octanol–water partition coefficient (Wildman–Crippen LogP) is 5.09. The molecule has 1 aliphatic rings. The summed E-state index contributed by atoms with van der Waals surface area (Å²) < 4.78 is 44.6. The molecule has 0 radical (unpaired) electrons. The van der Waals surface area contributed by atoms with Crippen molar-refractivity contribution in [1.82, 2.24) is 9.97 Å². The number of aliphatic imine (C=N–C) groups is 1. The van der Waals surface area contributed by atoms with Gasteiger partial charge in [-0.1, -0.05) is 17.7 Å². The van der Waals surface area contributed by atoms with Crippen molar-refractivity contribution in [3.63, 3.8) is 0 Å². The smallest absolute Gasteiger partial charge is 0.425 e. The Morgan fingerprint density at radius 2 is 2.10 bits per heavy atom.